The number of nitrogens with one attached hydrogen (secondary N) is 1. The van der Waals surface area contributed by atoms with Crippen molar-refractivity contribution in [2.24, 2.45) is 0 Å². The molecule has 0 bridgehead atoms. The lowest BCUT2D eigenvalue weighted by atomic mass is 10.2. The number of halogens is 1. The highest BCUT2D eigenvalue weighted by Gasteiger charge is 2.22. The minimum Gasteiger partial charge on any atom is -0.394 e. The SMILES string of the molecule is Cc1sc(C(CO)N2CCCNCC2)cc1Br. The number of thiophene rings is 1. The van der Waals surface area contributed by atoms with Gasteiger partial charge in [0.05, 0.1) is 12.6 Å². The molecule has 1 fully saturated rings. The molecule has 1 aliphatic rings. The molecule has 0 aromatic carbocycles. The van der Waals surface area contributed by atoms with Gasteiger partial charge in [-0.25, -0.2) is 0 Å². The summed E-state index contributed by atoms with van der Waals surface area (Å²) in [6.07, 6.45) is 1.15. The van der Waals surface area contributed by atoms with Crippen molar-refractivity contribution in [3.8, 4) is 0 Å². The van der Waals surface area contributed by atoms with Gasteiger partial charge in [0.2, 0.25) is 0 Å². The lowest BCUT2D eigenvalue weighted by molar-refractivity contribution is 0.132. The fourth-order valence-electron chi connectivity index (χ4n) is 2.21. The normalized spacial score (nSPS) is 20.2. The molecule has 1 saturated heterocycles. The molecule has 2 heterocycles. The van der Waals surface area contributed by atoms with Gasteiger partial charge < -0.3 is 10.4 Å². The van der Waals surface area contributed by atoms with Crippen molar-refractivity contribution in [2.45, 2.75) is 19.4 Å². The number of rotatable bonds is 3. The van der Waals surface area contributed by atoms with Crippen molar-refractivity contribution in [3.63, 3.8) is 0 Å². The lowest BCUT2D eigenvalue weighted by Crippen LogP contribution is -2.33. The standard InChI is InChI=1S/C12H19BrN2OS/c1-9-10(13)7-12(17-9)11(8-16)15-5-2-3-14-4-6-15/h7,11,14,16H,2-6,8H2,1H3. The first-order chi connectivity index (χ1) is 8.22. The van der Waals surface area contributed by atoms with E-state index in [1.165, 1.54) is 9.75 Å². The summed E-state index contributed by atoms with van der Waals surface area (Å²) in [5.41, 5.74) is 0. The van der Waals surface area contributed by atoms with Gasteiger partial charge in [0, 0.05) is 33.9 Å². The van der Waals surface area contributed by atoms with Crippen LogP contribution in [0.1, 0.15) is 22.2 Å². The summed E-state index contributed by atoms with van der Waals surface area (Å²) in [7, 11) is 0. The number of nitrogens with zero attached hydrogens (tertiary/aromatic N) is 1. The van der Waals surface area contributed by atoms with Crippen LogP contribution in [0.4, 0.5) is 0 Å². The van der Waals surface area contributed by atoms with Gasteiger partial charge in [-0.05, 0) is 41.9 Å². The van der Waals surface area contributed by atoms with Gasteiger partial charge in [0.15, 0.2) is 0 Å². The quantitative estimate of drug-likeness (QED) is 0.896. The van der Waals surface area contributed by atoms with E-state index in [1.54, 1.807) is 11.3 Å². The van der Waals surface area contributed by atoms with E-state index in [4.69, 9.17) is 0 Å². The van der Waals surface area contributed by atoms with Crippen LogP contribution in [0.5, 0.6) is 0 Å². The van der Waals surface area contributed by atoms with Gasteiger partial charge in [-0.15, -0.1) is 11.3 Å². The van der Waals surface area contributed by atoms with Gasteiger partial charge in [-0.3, -0.25) is 4.90 Å². The third-order valence-electron chi connectivity index (χ3n) is 3.19. The highest BCUT2D eigenvalue weighted by atomic mass is 79.9. The Hall–Kier alpha value is 0.0600. The van der Waals surface area contributed by atoms with Crippen molar-refractivity contribution >= 4 is 27.3 Å². The molecule has 0 spiro atoms. The van der Waals surface area contributed by atoms with Gasteiger partial charge in [-0.1, -0.05) is 0 Å². The molecule has 2 N–H and O–H groups in total. The van der Waals surface area contributed by atoms with Crippen LogP contribution in [0.15, 0.2) is 10.5 Å². The molecule has 2 rings (SSSR count). The van der Waals surface area contributed by atoms with E-state index in [1.807, 2.05) is 0 Å². The highest BCUT2D eigenvalue weighted by Crippen LogP contribution is 2.33. The Balaban J connectivity index is 2.13. The van der Waals surface area contributed by atoms with Gasteiger partial charge in [0.1, 0.15) is 0 Å². The molecular weight excluding hydrogens is 300 g/mol. The molecule has 0 saturated carbocycles. The second-order valence-corrected chi connectivity index (χ2v) is 6.53. The fraction of sp³-hybridized carbons (Fsp3) is 0.667. The minimum absolute atomic E-state index is 0.157. The van der Waals surface area contributed by atoms with Crippen LogP contribution in [-0.4, -0.2) is 42.8 Å². The second kappa shape index (κ2) is 6.29. The number of hydrogen-bond acceptors (Lipinski definition) is 4. The van der Waals surface area contributed by atoms with Gasteiger partial charge in [0.25, 0.3) is 0 Å². The molecule has 1 aliphatic heterocycles. The summed E-state index contributed by atoms with van der Waals surface area (Å²) in [6, 6.07) is 2.31. The van der Waals surface area contributed by atoms with Crippen LogP contribution >= 0.6 is 27.3 Å². The predicted molar refractivity (Wildman–Crippen MR) is 75.6 cm³/mol. The average molecular weight is 319 g/mol. The molecule has 0 amide bonds. The first-order valence-electron chi connectivity index (χ1n) is 6.04. The lowest BCUT2D eigenvalue weighted by Gasteiger charge is -2.28. The third-order valence-corrected chi connectivity index (χ3v) is 5.43. The molecule has 0 radical (unpaired) electrons. The van der Waals surface area contributed by atoms with Crippen molar-refractivity contribution in [2.75, 3.05) is 32.8 Å². The van der Waals surface area contributed by atoms with E-state index in [9.17, 15) is 5.11 Å². The summed E-state index contributed by atoms with van der Waals surface area (Å²) in [4.78, 5) is 4.93. The van der Waals surface area contributed by atoms with Crippen LogP contribution < -0.4 is 5.32 Å². The van der Waals surface area contributed by atoms with E-state index in [0.29, 0.717) is 0 Å². The Kier molecular flexibility index (Phi) is 4.99. The number of aryl methyl sites for hydroxylation is 1. The predicted octanol–water partition coefficient (Wildman–Crippen LogP) is 2.15. The minimum atomic E-state index is 0.157. The molecule has 96 valence electrons. The molecule has 0 aliphatic carbocycles. The zero-order valence-corrected chi connectivity index (χ0v) is 12.5. The average Bonchev–Trinajstić information content (AvgIpc) is 2.56. The Morgan fingerprint density at radius 1 is 1.53 bits per heavy atom. The Morgan fingerprint density at radius 3 is 3.00 bits per heavy atom. The van der Waals surface area contributed by atoms with E-state index in [-0.39, 0.29) is 12.6 Å². The topological polar surface area (TPSA) is 35.5 Å². The number of hydrogen-bond donors (Lipinski definition) is 2. The molecule has 1 aromatic heterocycles. The molecule has 5 heteroatoms. The van der Waals surface area contributed by atoms with Crippen molar-refractivity contribution in [1.29, 1.82) is 0 Å². The number of aliphatic hydroxyl groups excluding tert-OH is 1. The first kappa shape index (κ1) is 13.5. The van der Waals surface area contributed by atoms with Crippen molar-refractivity contribution in [1.82, 2.24) is 10.2 Å². The third kappa shape index (κ3) is 3.29. The Labute approximate surface area is 115 Å². The van der Waals surface area contributed by atoms with Crippen LogP contribution in [0.2, 0.25) is 0 Å². The molecule has 3 nitrogen and oxygen atoms in total. The second-order valence-electron chi connectivity index (χ2n) is 4.39. The molecule has 1 atom stereocenters. The summed E-state index contributed by atoms with van der Waals surface area (Å²) < 4.78 is 1.16. The van der Waals surface area contributed by atoms with E-state index in [0.717, 1.165) is 37.1 Å². The van der Waals surface area contributed by atoms with E-state index >= 15 is 0 Å². The summed E-state index contributed by atoms with van der Waals surface area (Å²) >= 11 is 5.33. The smallest absolute Gasteiger partial charge is 0.0675 e. The zero-order chi connectivity index (χ0) is 12.3. The maximum atomic E-state index is 9.65. The van der Waals surface area contributed by atoms with E-state index in [2.05, 4.69) is 39.1 Å². The van der Waals surface area contributed by atoms with E-state index < -0.39 is 0 Å². The molecular formula is C12H19BrN2OS. The summed E-state index contributed by atoms with van der Waals surface area (Å²) in [6.45, 7) is 6.49. The summed E-state index contributed by atoms with van der Waals surface area (Å²) in [5, 5.41) is 13.0. The molecule has 1 aromatic rings. The summed E-state index contributed by atoms with van der Waals surface area (Å²) in [5.74, 6) is 0. The zero-order valence-electron chi connectivity index (χ0n) is 10.1. The maximum Gasteiger partial charge on any atom is 0.0675 e. The maximum absolute atomic E-state index is 9.65. The fourth-order valence-corrected chi connectivity index (χ4v) is 3.90. The van der Waals surface area contributed by atoms with Crippen LogP contribution in [0.25, 0.3) is 0 Å². The van der Waals surface area contributed by atoms with Gasteiger partial charge in [-0.2, -0.15) is 0 Å². The van der Waals surface area contributed by atoms with Crippen LogP contribution in [0.3, 0.4) is 0 Å². The number of aliphatic hydroxyl groups is 1. The Bertz CT molecular complexity index is 342. The van der Waals surface area contributed by atoms with Gasteiger partial charge >= 0.3 is 0 Å². The first-order valence-corrected chi connectivity index (χ1v) is 7.64. The van der Waals surface area contributed by atoms with Crippen molar-refractivity contribution < 1.29 is 5.11 Å². The molecule has 17 heavy (non-hydrogen) atoms. The van der Waals surface area contributed by atoms with Crippen LogP contribution in [0, 0.1) is 6.92 Å². The van der Waals surface area contributed by atoms with Crippen LogP contribution in [-0.2, 0) is 0 Å². The van der Waals surface area contributed by atoms with Crippen molar-refractivity contribution in [3.05, 3.63) is 20.3 Å². The Morgan fingerprint density at radius 2 is 2.35 bits per heavy atom. The molecule has 1 unspecified atom stereocenters. The highest BCUT2D eigenvalue weighted by molar-refractivity contribution is 9.10. The largest absolute Gasteiger partial charge is 0.394 e. The monoisotopic (exact) mass is 318 g/mol.